The van der Waals surface area contributed by atoms with Crippen LogP contribution in [0.25, 0.3) is 5.65 Å². The van der Waals surface area contributed by atoms with E-state index in [1.54, 1.807) is 18.2 Å². The fraction of sp³-hybridized carbons (Fsp3) is 0.211. The molecule has 0 aliphatic rings. The predicted molar refractivity (Wildman–Crippen MR) is 98.1 cm³/mol. The Morgan fingerprint density at radius 3 is 2.63 bits per heavy atom. The second-order valence-corrected chi connectivity index (χ2v) is 6.41. The highest BCUT2D eigenvalue weighted by Crippen LogP contribution is 2.21. The third-order valence-electron chi connectivity index (χ3n) is 4.03. The van der Waals surface area contributed by atoms with Gasteiger partial charge >= 0.3 is 0 Å². The number of nitrogens with zero attached hydrogens (tertiary/aromatic N) is 3. The van der Waals surface area contributed by atoms with E-state index in [0.717, 1.165) is 10.6 Å². The Hall–Kier alpha value is -3.26. The molecule has 3 aromatic rings. The lowest BCUT2D eigenvalue weighted by atomic mass is 10.2. The van der Waals surface area contributed by atoms with E-state index in [-0.39, 0.29) is 29.3 Å². The van der Waals surface area contributed by atoms with Gasteiger partial charge in [-0.25, -0.2) is 9.37 Å². The first-order valence-corrected chi connectivity index (χ1v) is 8.26. The van der Waals surface area contributed by atoms with Crippen molar-refractivity contribution in [3.8, 4) is 5.75 Å². The summed E-state index contributed by atoms with van der Waals surface area (Å²) in [7, 11) is 3.72. The van der Waals surface area contributed by atoms with Crippen LogP contribution in [0.3, 0.4) is 0 Å². The van der Waals surface area contributed by atoms with Gasteiger partial charge in [-0.2, -0.15) is 0 Å². The van der Waals surface area contributed by atoms with E-state index in [1.807, 2.05) is 19.0 Å². The van der Waals surface area contributed by atoms with Crippen molar-refractivity contribution < 1.29 is 14.3 Å². The van der Waals surface area contributed by atoms with Crippen molar-refractivity contribution in [2.45, 2.75) is 13.1 Å². The van der Waals surface area contributed by atoms with Crippen molar-refractivity contribution in [2.24, 2.45) is 0 Å². The molecule has 140 valence electrons. The molecule has 2 N–H and O–H groups in total. The van der Waals surface area contributed by atoms with Gasteiger partial charge in [0.15, 0.2) is 11.4 Å². The van der Waals surface area contributed by atoms with E-state index in [1.165, 1.54) is 18.3 Å². The number of halogens is 1. The zero-order valence-corrected chi connectivity index (χ0v) is 14.9. The number of carbonyl (C=O) groups is 1. The number of pyridine rings is 1. The molecule has 1 amide bonds. The van der Waals surface area contributed by atoms with E-state index in [9.17, 15) is 19.1 Å². The number of carbonyl (C=O) groups excluding carboxylic acids is 1. The lowest BCUT2D eigenvalue weighted by Gasteiger charge is -2.13. The lowest BCUT2D eigenvalue weighted by molar-refractivity contribution is 0.0949. The number of hydrogen-bond acceptors (Lipinski definition) is 5. The van der Waals surface area contributed by atoms with Crippen LogP contribution in [0.1, 0.15) is 21.5 Å². The number of fused-ring (bicyclic) bond motifs is 1. The maximum atomic E-state index is 12.9. The smallest absolute Gasteiger partial charge is 0.270 e. The van der Waals surface area contributed by atoms with E-state index >= 15 is 0 Å². The third-order valence-corrected chi connectivity index (χ3v) is 4.03. The summed E-state index contributed by atoms with van der Waals surface area (Å²) < 4.78 is 14.1. The van der Waals surface area contributed by atoms with Crippen LogP contribution >= 0.6 is 0 Å². The molecule has 0 atom stereocenters. The second kappa shape index (κ2) is 7.55. The van der Waals surface area contributed by atoms with Crippen molar-refractivity contribution in [3.63, 3.8) is 0 Å². The highest BCUT2D eigenvalue weighted by Gasteiger charge is 2.16. The maximum absolute atomic E-state index is 12.9. The molecule has 0 aliphatic heterocycles. The summed E-state index contributed by atoms with van der Waals surface area (Å²) >= 11 is 0. The van der Waals surface area contributed by atoms with Gasteiger partial charge in [-0.3, -0.25) is 14.0 Å². The number of aromatic nitrogens is 2. The van der Waals surface area contributed by atoms with Crippen LogP contribution in [0.4, 0.5) is 4.39 Å². The molecular formula is C19H19FN4O3. The fourth-order valence-electron chi connectivity index (χ4n) is 2.67. The molecule has 0 aliphatic carbocycles. The number of amides is 1. The summed E-state index contributed by atoms with van der Waals surface area (Å²) in [5.41, 5.74) is 0.692. The van der Waals surface area contributed by atoms with Crippen LogP contribution in [0, 0.1) is 5.82 Å². The van der Waals surface area contributed by atoms with Gasteiger partial charge in [0.1, 0.15) is 11.4 Å². The normalized spacial score (nSPS) is 11.1. The molecule has 27 heavy (non-hydrogen) atoms. The Kier molecular flexibility index (Phi) is 5.18. The van der Waals surface area contributed by atoms with Crippen LogP contribution in [0.15, 0.2) is 47.5 Å². The van der Waals surface area contributed by atoms with Crippen LogP contribution in [0.2, 0.25) is 0 Å². The number of rotatable bonds is 5. The maximum Gasteiger partial charge on any atom is 0.270 e. The highest BCUT2D eigenvalue weighted by molar-refractivity contribution is 5.93. The molecule has 0 unspecified atom stereocenters. The van der Waals surface area contributed by atoms with Crippen molar-refractivity contribution in [3.05, 3.63) is 75.6 Å². The predicted octanol–water partition coefficient (Wildman–Crippen LogP) is 1.53. The molecule has 0 fully saturated rings. The summed E-state index contributed by atoms with van der Waals surface area (Å²) in [5.74, 6) is -1.06. The molecule has 0 radical (unpaired) electrons. The van der Waals surface area contributed by atoms with Crippen LogP contribution in [0.5, 0.6) is 5.75 Å². The van der Waals surface area contributed by atoms with Crippen LogP contribution in [-0.2, 0) is 13.1 Å². The van der Waals surface area contributed by atoms with Crippen molar-refractivity contribution in [2.75, 3.05) is 14.1 Å². The highest BCUT2D eigenvalue weighted by atomic mass is 19.1. The summed E-state index contributed by atoms with van der Waals surface area (Å²) in [6.07, 6.45) is 2.64. The van der Waals surface area contributed by atoms with Crippen LogP contribution < -0.4 is 10.9 Å². The summed E-state index contributed by atoms with van der Waals surface area (Å²) in [5, 5.41) is 13.0. The quantitative estimate of drug-likeness (QED) is 0.711. The largest absolute Gasteiger partial charge is 0.504 e. The van der Waals surface area contributed by atoms with Crippen LogP contribution in [-0.4, -0.2) is 39.4 Å². The molecule has 2 heterocycles. The molecule has 7 nitrogen and oxygen atoms in total. The summed E-state index contributed by atoms with van der Waals surface area (Å²) in [6, 6.07) is 7.30. The average Bonchev–Trinajstić information content (AvgIpc) is 2.63. The molecule has 0 saturated heterocycles. The molecular weight excluding hydrogens is 351 g/mol. The van der Waals surface area contributed by atoms with Gasteiger partial charge in [0.05, 0.1) is 0 Å². The number of hydrogen-bond donors (Lipinski definition) is 2. The van der Waals surface area contributed by atoms with Crippen molar-refractivity contribution in [1.29, 1.82) is 0 Å². The minimum Gasteiger partial charge on any atom is -0.504 e. The number of nitrogens with one attached hydrogen (secondary N) is 1. The summed E-state index contributed by atoms with van der Waals surface area (Å²) in [6.45, 7) is 0.631. The molecule has 3 rings (SSSR count). The average molecular weight is 370 g/mol. The van der Waals surface area contributed by atoms with E-state index in [4.69, 9.17) is 0 Å². The molecule has 0 bridgehead atoms. The van der Waals surface area contributed by atoms with Gasteiger partial charge in [0.2, 0.25) is 0 Å². The molecule has 8 heteroatoms. The van der Waals surface area contributed by atoms with Gasteiger partial charge in [-0.15, -0.1) is 0 Å². The first-order valence-electron chi connectivity index (χ1n) is 8.26. The second-order valence-electron chi connectivity index (χ2n) is 6.41. The van der Waals surface area contributed by atoms with E-state index < -0.39 is 11.5 Å². The zero-order valence-electron chi connectivity index (χ0n) is 14.9. The van der Waals surface area contributed by atoms with Gasteiger partial charge in [-0.05, 0) is 37.9 Å². The van der Waals surface area contributed by atoms with Crippen molar-refractivity contribution in [1.82, 2.24) is 19.6 Å². The Labute approximate surface area is 154 Å². The Bertz CT molecular complexity index is 1050. The van der Waals surface area contributed by atoms with Gasteiger partial charge in [-0.1, -0.05) is 12.1 Å². The monoisotopic (exact) mass is 370 g/mol. The zero-order chi connectivity index (χ0) is 19.6. The number of benzene rings is 1. The van der Waals surface area contributed by atoms with Gasteiger partial charge in [0, 0.05) is 31.0 Å². The minimum absolute atomic E-state index is 0.0921. The Morgan fingerprint density at radius 1 is 1.26 bits per heavy atom. The molecule has 0 saturated carbocycles. The van der Waals surface area contributed by atoms with E-state index in [0.29, 0.717) is 17.7 Å². The topological polar surface area (TPSA) is 86.9 Å². The first kappa shape index (κ1) is 18.5. The van der Waals surface area contributed by atoms with Gasteiger partial charge < -0.3 is 15.3 Å². The molecule has 2 aromatic heterocycles. The lowest BCUT2D eigenvalue weighted by Crippen LogP contribution is -2.31. The Morgan fingerprint density at radius 2 is 1.96 bits per heavy atom. The number of aromatic hydroxyl groups is 1. The third kappa shape index (κ3) is 3.95. The SMILES string of the molecule is CN(C)Cc1ccn2c(=O)c(C(=O)NCc3ccc(F)cc3)cnc2c1O. The van der Waals surface area contributed by atoms with Gasteiger partial charge in [0.25, 0.3) is 11.5 Å². The molecule has 0 spiro atoms. The Balaban J connectivity index is 1.86. The molecule has 1 aromatic carbocycles. The first-order chi connectivity index (χ1) is 12.9. The minimum atomic E-state index is -0.594. The standard InChI is InChI=1S/C19H19FN4O3/c1-23(2)11-13-7-8-24-17(16(13)25)21-10-15(19(24)27)18(26)22-9-12-3-5-14(20)6-4-12/h3-8,10,25H,9,11H2,1-2H3,(H,22,26). The van der Waals surface area contributed by atoms with E-state index in [2.05, 4.69) is 10.3 Å². The van der Waals surface area contributed by atoms with Crippen molar-refractivity contribution >= 4 is 11.6 Å². The fourth-order valence-corrected chi connectivity index (χ4v) is 2.67. The summed E-state index contributed by atoms with van der Waals surface area (Å²) in [4.78, 5) is 30.9.